The van der Waals surface area contributed by atoms with Gasteiger partial charge in [-0.25, -0.2) is 0 Å². The van der Waals surface area contributed by atoms with Crippen molar-refractivity contribution < 1.29 is 0 Å². The van der Waals surface area contributed by atoms with Gasteiger partial charge in [0, 0.05) is 57.4 Å². The molecule has 2 aromatic heterocycles. The molecule has 0 bridgehead atoms. The first kappa shape index (κ1) is 32.0. The van der Waals surface area contributed by atoms with Gasteiger partial charge in [0.25, 0.3) is 0 Å². The van der Waals surface area contributed by atoms with Gasteiger partial charge in [-0.1, -0.05) is 140 Å². The lowest BCUT2D eigenvalue weighted by Gasteiger charge is -2.26. The highest BCUT2D eigenvalue weighted by Gasteiger charge is 2.16. The van der Waals surface area contributed by atoms with Crippen molar-refractivity contribution in [3.8, 4) is 33.4 Å². The lowest BCUT2D eigenvalue weighted by Crippen LogP contribution is -2.09. The summed E-state index contributed by atoms with van der Waals surface area (Å²) >= 11 is 3.75. The van der Waals surface area contributed by atoms with Crippen LogP contribution in [0.25, 0.3) is 84.5 Å². The second-order valence-corrected chi connectivity index (χ2v) is 16.2. The molecule has 0 amide bonds. The Morgan fingerprint density at radius 1 is 0.309 bits per heavy atom. The predicted molar refractivity (Wildman–Crippen MR) is 241 cm³/mol. The van der Waals surface area contributed by atoms with Crippen molar-refractivity contribution in [1.29, 1.82) is 0 Å². The minimum Gasteiger partial charge on any atom is -0.311 e. The molecule has 0 aliphatic heterocycles. The van der Waals surface area contributed by atoms with Crippen molar-refractivity contribution in [3.63, 3.8) is 0 Å². The van der Waals surface area contributed by atoms with Crippen LogP contribution in [0.15, 0.2) is 200 Å². The summed E-state index contributed by atoms with van der Waals surface area (Å²) in [6.07, 6.45) is 0. The van der Waals surface area contributed by atoms with Crippen molar-refractivity contribution in [2.75, 3.05) is 4.90 Å². The number of anilines is 3. The van der Waals surface area contributed by atoms with Crippen LogP contribution in [0.3, 0.4) is 0 Å². The van der Waals surface area contributed by atoms with E-state index in [9.17, 15) is 0 Å². The molecular formula is C52H33NS2. The number of nitrogens with zero attached hydrogens (tertiary/aromatic N) is 1. The first-order chi connectivity index (χ1) is 27.2. The molecule has 11 aromatic rings. The predicted octanol–water partition coefficient (Wildman–Crippen LogP) is 16.0. The fourth-order valence-electron chi connectivity index (χ4n) is 8.17. The number of fused-ring (bicyclic) bond motifs is 8. The number of rotatable bonds is 6. The molecule has 0 saturated heterocycles. The minimum atomic E-state index is 1.12. The molecule has 0 aliphatic rings. The van der Waals surface area contributed by atoms with Gasteiger partial charge in [-0.2, -0.15) is 0 Å². The van der Waals surface area contributed by atoms with Gasteiger partial charge >= 0.3 is 0 Å². The Kier molecular flexibility index (Phi) is 7.61. The molecule has 0 atom stereocenters. The van der Waals surface area contributed by atoms with Crippen LogP contribution in [0.2, 0.25) is 0 Å². The highest BCUT2D eigenvalue weighted by Crippen LogP contribution is 2.44. The Balaban J connectivity index is 0.988. The summed E-state index contributed by atoms with van der Waals surface area (Å²) in [5.74, 6) is 0. The number of benzene rings is 9. The maximum atomic E-state index is 2.37. The molecule has 258 valence electrons. The Morgan fingerprint density at radius 3 is 1.60 bits per heavy atom. The summed E-state index contributed by atoms with van der Waals surface area (Å²) in [7, 11) is 0. The van der Waals surface area contributed by atoms with Gasteiger partial charge in [-0.3, -0.25) is 0 Å². The van der Waals surface area contributed by atoms with Gasteiger partial charge in [0.15, 0.2) is 0 Å². The van der Waals surface area contributed by atoms with Crippen LogP contribution in [-0.4, -0.2) is 0 Å². The van der Waals surface area contributed by atoms with E-state index in [0.29, 0.717) is 0 Å². The average molecular weight is 736 g/mol. The van der Waals surface area contributed by atoms with E-state index in [-0.39, 0.29) is 0 Å². The molecular weight excluding hydrogens is 703 g/mol. The molecule has 0 fully saturated rings. The molecule has 0 radical (unpaired) electrons. The topological polar surface area (TPSA) is 3.24 Å². The van der Waals surface area contributed by atoms with E-state index in [2.05, 4.69) is 205 Å². The number of hydrogen-bond donors (Lipinski definition) is 0. The van der Waals surface area contributed by atoms with E-state index in [1.54, 1.807) is 0 Å². The fraction of sp³-hybridized carbons (Fsp3) is 0. The summed E-state index contributed by atoms with van der Waals surface area (Å²) in [4.78, 5) is 2.37. The minimum absolute atomic E-state index is 1.12. The summed E-state index contributed by atoms with van der Waals surface area (Å²) in [5.41, 5.74) is 10.7. The highest BCUT2D eigenvalue weighted by atomic mass is 32.1. The Bertz CT molecular complexity index is 3170. The van der Waals surface area contributed by atoms with Crippen LogP contribution in [0.5, 0.6) is 0 Å². The van der Waals surface area contributed by atoms with Crippen molar-refractivity contribution >= 4 is 90.9 Å². The van der Waals surface area contributed by atoms with Crippen LogP contribution in [-0.2, 0) is 0 Å². The van der Waals surface area contributed by atoms with Gasteiger partial charge in [0.1, 0.15) is 0 Å². The normalized spacial score (nSPS) is 11.6. The molecule has 0 aliphatic carbocycles. The summed E-state index contributed by atoms with van der Waals surface area (Å²) in [6.45, 7) is 0. The van der Waals surface area contributed by atoms with Gasteiger partial charge in [-0.05, 0) is 105 Å². The van der Waals surface area contributed by atoms with Crippen LogP contribution in [0.4, 0.5) is 17.1 Å². The van der Waals surface area contributed by atoms with E-state index in [1.807, 2.05) is 22.7 Å². The van der Waals surface area contributed by atoms with Crippen LogP contribution in [0.1, 0.15) is 0 Å². The summed E-state index contributed by atoms with van der Waals surface area (Å²) in [5, 5.41) is 7.93. The standard InChI is InChI=1S/C52H33NS2/c1-2-9-34(10-3-1)35-17-25-40(26-18-35)53(41-27-19-36(20-28-41)39-24-31-49-47(33-39)45-13-6-7-16-48(45)54-49)42-29-21-38(22-30-42)44-14-8-15-46-51-43-12-5-4-11-37(43)23-32-50(51)55-52(44)46/h1-33H. The molecule has 11 rings (SSSR count). The van der Waals surface area contributed by atoms with E-state index in [0.717, 1.165) is 17.1 Å². The quantitative estimate of drug-likeness (QED) is 0.164. The third-order valence-electron chi connectivity index (χ3n) is 10.9. The Hall–Kier alpha value is -6.52. The zero-order valence-electron chi connectivity index (χ0n) is 29.8. The zero-order valence-corrected chi connectivity index (χ0v) is 31.4. The molecule has 55 heavy (non-hydrogen) atoms. The maximum Gasteiger partial charge on any atom is 0.0462 e. The third-order valence-corrected chi connectivity index (χ3v) is 13.2. The first-order valence-corrected chi connectivity index (χ1v) is 20.3. The lowest BCUT2D eigenvalue weighted by molar-refractivity contribution is 1.28. The summed E-state index contributed by atoms with van der Waals surface area (Å²) in [6, 6.07) is 73.3. The largest absolute Gasteiger partial charge is 0.311 e. The second-order valence-electron chi connectivity index (χ2n) is 14.1. The molecule has 0 N–H and O–H groups in total. The van der Waals surface area contributed by atoms with E-state index >= 15 is 0 Å². The van der Waals surface area contributed by atoms with Crippen molar-refractivity contribution in [2.45, 2.75) is 0 Å². The Labute approximate surface area is 327 Å². The smallest absolute Gasteiger partial charge is 0.0462 e. The lowest BCUT2D eigenvalue weighted by atomic mass is 9.99. The van der Waals surface area contributed by atoms with E-state index in [1.165, 1.54) is 84.5 Å². The molecule has 0 unspecified atom stereocenters. The van der Waals surface area contributed by atoms with E-state index in [4.69, 9.17) is 0 Å². The molecule has 3 heteroatoms. The first-order valence-electron chi connectivity index (χ1n) is 18.7. The van der Waals surface area contributed by atoms with Crippen molar-refractivity contribution in [1.82, 2.24) is 0 Å². The van der Waals surface area contributed by atoms with Crippen molar-refractivity contribution in [3.05, 3.63) is 200 Å². The molecule has 1 nitrogen and oxygen atoms in total. The molecule has 0 spiro atoms. The third kappa shape index (κ3) is 5.51. The Morgan fingerprint density at radius 2 is 0.855 bits per heavy atom. The maximum absolute atomic E-state index is 2.37. The van der Waals surface area contributed by atoms with Crippen LogP contribution < -0.4 is 4.90 Å². The highest BCUT2D eigenvalue weighted by molar-refractivity contribution is 7.26. The van der Waals surface area contributed by atoms with E-state index < -0.39 is 0 Å². The fourth-order valence-corrected chi connectivity index (χ4v) is 10.5. The molecule has 9 aromatic carbocycles. The monoisotopic (exact) mass is 735 g/mol. The van der Waals surface area contributed by atoms with Gasteiger partial charge in [0.2, 0.25) is 0 Å². The van der Waals surface area contributed by atoms with Crippen LogP contribution >= 0.6 is 22.7 Å². The van der Waals surface area contributed by atoms with Crippen LogP contribution in [0, 0.1) is 0 Å². The number of thiophene rings is 2. The SMILES string of the molecule is c1ccc(-c2ccc(N(c3ccc(-c4ccc5sc6ccccc6c5c4)cc3)c3ccc(-c4cccc5c4sc4ccc6ccccc6c45)cc3)cc2)cc1. The molecule has 0 saturated carbocycles. The average Bonchev–Trinajstić information content (AvgIpc) is 3.83. The van der Waals surface area contributed by atoms with Gasteiger partial charge < -0.3 is 4.90 Å². The number of hydrogen-bond acceptors (Lipinski definition) is 3. The second kappa shape index (κ2) is 13.1. The van der Waals surface area contributed by atoms with Gasteiger partial charge in [0.05, 0.1) is 0 Å². The zero-order chi connectivity index (χ0) is 36.3. The summed E-state index contributed by atoms with van der Waals surface area (Å²) < 4.78 is 5.32. The van der Waals surface area contributed by atoms with Crippen molar-refractivity contribution in [2.24, 2.45) is 0 Å². The van der Waals surface area contributed by atoms with Gasteiger partial charge in [-0.15, -0.1) is 22.7 Å². The molecule has 2 heterocycles.